The summed E-state index contributed by atoms with van der Waals surface area (Å²) in [6, 6.07) is 10.4. The van der Waals surface area contributed by atoms with Crippen LogP contribution in [-0.2, 0) is 14.6 Å². The lowest BCUT2D eigenvalue weighted by Crippen LogP contribution is -2.43. The van der Waals surface area contributed by atoms with Crippen molar-refractivity contribution in [1.82, 2.24) is 15.6 Å². The van der Waals surface area contributed by atoms with E-state index >= 15 is 0 Å². The van der Waals surface area contributed by atoms with Gasteiger partial charge in [-0.3, -0.25) is 4.79 Å². The molecular formula is C30H34FN5O3S2. The van der Waals surface area contributed by atoms with E-state index in [0.29, 0.717) is 19.5 Å². The van der Waals surface area contributed by atoms with Gasteiger partial charge in [-0.1, -0.05) is 31.9 Å². The summed E-state index contributed by atoms with van der Waals surface area (Å²) in [7, 11) is -2.97. The third-order valence-electron chi connectivity index (χ3n) is 8.91. The molecule has 2 aliphatic carbocycles. The number of aromatic nitrogens is 1. The van der Waals surface area contributed by atoms with Crippen molar-refractivity contribution in [3.05, 3.63) is 52.9 Å². The molecule has 0 radical (unpaired) electrons. The lowest BCUT2D eigenvalue weighted by molar-refractivity contribution is -0.127. The van der Waals surface area contributed by atoms with Crippen molar-refractivity contribution >= 4 is 38.5 Å². The molecule has 1 aromatic heterocycles. The topological polar surface area (TPSA) is 115 Å². The second-order valence-electron chi connectivity index (χ2n) is 11.6. The molecule has 4 aliphatic rings. The molecule has 2 N–H and O–H groups in total. The minimum atomic E-state index is -2.97. The molecule has 6 rings (SSSR count). The first kappa shape index (κ1) is 27.9. The van der Waals surface area contributed by atoms with Gasteiger partial charge in [-0.15, -0.1) is 11.3 Å². The smallest absolute Gasteiger partial charge is 0.225 e. The average molecular weight is 596 g/mol. The molecule has 1 saturated heterocycles. The molecule has 3 heterocycles. The van der Waals surface area contributed by atoms with Crippen LogP contribution in [0.5, 0.6) is 0 Å². The summed E-state index contributed by atoms with van der Waals surface area (Å²) in [5, 5.41) is 16.6. The van der Waals surface area contributed by atoms with E-state index in [1.807, 2.05) is 31.2 Å². The first-order valence-electron chi connectivity index (χ1n) is 14.3. The van der Waals surface area contributed by atoms with Gasteiger partial charge in [0.25, 0.3) is 0 Å². The molecule has 2 aromatic rings. The molecule has 2 saturated carbocycles. The molecule has 2 aliphatic heterocycles. The Morgan fingerprint density at radius 2 is 1.90 bits per heavy atom. The quantitative estimate of drug-likeness (QED) is 0.504. The van der Waals surface area contributed by atoms with E-state index in [0.717, 1.165) is 58.2 Å². The monoisotopic (exact) mass is 595 g/mol. The number of dihydropyridines is 1. The Labute approximate surface area is 244 Å². The summed E-state index contributed by atoms with van der Waals surface area (Å²) < 4.78 is 37.5. The number of nitrogens with zero attached hydrogens (tertiary/aromatic N) is 3. The van der Waals surface area contributed by atoms with Gasteiger partial charge in [0.1, 0.15) is 16.4 Å². The number of carbonyl (C=O) groups excluding carboxylic acids is 1. The molecule has 0 bridgehead atoms. The third-order valence-corrected chi connectivity index (χ3v) is 11.7. The maximum Gasteiger partial charge on any atom is 0.225 e. The number of benzene rings is 1. The van der Waals surface area contributed by atoms with Crippen LogP contribution in [0.15, 0.2) is 42.2 Å². The number of rotatable bonds is 6. The molecule has 41 heavy (non-hydrogen) atoms. The minimum Gasteiger partial charge on any atom is -0.376 e. The van der Waals surface area contributed by atoms with Gasteiger partial charge >= 0.3 is 0 Å². The zero-order valence-corrected chi connectivity index (χ0v) is 24.7. The van der Waals surface area contributed by atoms with Crippen LogP contribution in [0.2, 0.25) is 0 Å². The Morgan fingerprint density at radius 3 is 2.54 bits per heavy atom. The van der Waals surface area contributed by atoms with Crippen LogP contribution in [0.25, 0.3) is 16.1 Å². The van der Waals surface area contributed by atoms with E-state index < -0.39 is 15.4 Å². The molecule has 8 nitrogen and oxygen atoms in total. The Kier molecular flexibility index (Phi) is 7.41. The lowest BCUT2D eigenvalue weighted by atomic mass is 9.76. The van der Waals surface area contributed by atoms with Gasteiger partial charge in [0.05, 0.1) is 40.4 Å². The molecule has 11 heteroatoms. The van der Waals surface area contributed by atoms with Crippen LogP contribution in [0.3, 0.4) is 0 Å². The average Bonchev–Trinajstić information content (AvgIpc) is 3.40. The summed E-state index contributed by atoms with van der Waals surface area (Å²) in [6.45, 7) is 3.05. The SMILES string of the molecule is CC1CC1(C#N)NC(=O)[C@@H]1CCCC[C@H]1c1nc(C2=CC=C(F)CN2)sc1-c1ccc(N2CCS(=O)(=O)CC2)cc1. The largest absolute Gasteiger partial charge is 0.376 e. The standard InChI is InChI=1S/C30H34FN5O3S2/c1-19-16-30(19,18-32)35-28(37)24-5-3-2-4-23(24)26-27(40-29(34-26)25-11-8-21(31)17-33-25)20-6-9-22(10-7-20)36-12-14-41(38,39)15-13-36/h6-11,19,23-24,33H,2-5,12-17H2,1H3,(H,35,37)/t19?,23-,24-,30?/m1/s1. The zero-order valence-electron chi connectivity index (χ0n) is 23.0. The molecule has 0 spiro atoms. The highest BCUT2D eigenvalue weighted by molar-refractivity contribution is 7.91. The van der Waals surface area contributed by atoms with Crippen molar-refractivity contribution in [3.63, 3.8) is 0 Å². The summed E-state index contributed by atoms with van der Waals surface area (Å²) in [6.07, 6.45) is 7.34. The minimum absolute atomic E-state index is 0.0727. The molecule has 216 valence electrons. The van der Waals surface area contributed by atoms with Crippen molar-refractivity contribution in [1.29, 1.82) is 5.26 Å². The Morgan fingerprint density at radius 1 is 1.20 bits per heavy atom. The Hall–Kier alpha value is -3.23. The first-order valence-corrected chi connectivity index (χ1v) is 16.9. The van der Waals surface area contributed by atoms with Crippen LogP contribution in [-0.4, -0.2) is 56.0 Å². The van der Waals surface area contributed by atoms with Crippen LogP contribution < -0.4 is 15.5 Å². The van der Waals surface area contributed by atoms with Crippen LogP contribution >= 0.6 is 11.3 Å². The molecule has 3 fully saturated rings. The van der Waals surface area contributed by atoms with Gasteiger partial charge in [-0.2, -0.15) is 5.26 Å². The fraction of sp³-hybridized carbons (Fsp3) is 0.500. The maximum absolute atomic E-state index is 13.7. The van der Waals surface area contributed by atoms with Gasteiger partial charge < -0.3 is 15.5 Å². The number of allylic oxidation sites excluding steroid dienone is 2. The molecule has 2 unspecified atom stereocenters. The van der Waals surface area contributed by atoms with E-state index in [9.17, 15) is 22.9 Å². The van der Waals surface area contributed by atoms with Gasteiger partial charge in [0.2, 0.25) is 5.91 Å². The second kappa shape index (κ2) is 10.9. The van der Waals surface area contributed by atoms with E-state index in [2.05, 4.69) is 21.6 Å². The number of hydrogen-bond donors (Lipinski definition) is 2. The predicted molar refractivity (Wildman–Crippen MR) is 159 cm³/mol. The summed E-state index contributed by atoms with van der Waals surface area (Å²) in [5.41, 5.74) is 2.81. The van der Waals surface area contributed by atoms with Crippen LogP contribution in [0, 0.1) is 23.2 Å². The summed E-state index contributed by atoms with van der Waals surface area (Å²) in [5.74, 6) is -0.228. The number of sulfone groups is 1. The predicted octanol–water partition coefficient (Wildman–Crippen LogP) is 4.53. The van der Waals surface area contributed by atoms with E-state index in [1.165, 1.54) is 17.4 Å². The van der Waals surface area contributed by atoms with E-state index in [-0.39, 0.29) is 47.5 Å². The fourth-order valence-corrected chi connectivity index (χ4v) is 8.53. The van der Waals surface area contributed by atoms with E-state index in [4.69, 9.17) is 4.98 Å². The Bertz CT molecular complexity index is 1550. The summed E-state index contributed by atoms with van der Waals surface area (Å²) >= 11 is 1.53. The normalized spacial score (nSPS) is 29.0. The molecular weight excluding hydrogens is 561 g/mol. The highest BCUT2D eigenvalue weighted by atomic mass is 32.2. The van der Waals surface area contributed by atoms with Crippen molar-refractivity contribution in [2.24, 2.45) is 11.8 Å². The highest BCUT2D eigenvalue weighted by Gasteiger charge is 2.54. The maximum atomic E-state index is 13.7. The number of hydrogen-bond acceptors (Lipinski definition) is 8. The number of carbonyl (C=O) groups is 1. The lowest BCUT2D eigenvalue weighted by Gasteiger charge is -2.31. The van der Waals surface area contributed by atoms with E-state index in [1.54, 1.807) is 6.08 Å². The molecule has 1 aromatic carbocycles. The number of thiazole rings is 1. The Balaban J connectivity index is 1.33. The number of anilines is 1. The number of nitrogens with one attached hydrogen (secondary N) is 2. The molecule has 4 atom stereocenters. The second-order valence-corrected chi connectivity index (χ2v) is 14.9. The van der Waals surface area contributed by atoms with Crippen LogP contribution in [0.1, 0.15) is 55.6 Å². The fourth-order valence-electron chi connectivity index (χ4n) is 6.18. The third kappa shape index (κ3) is 5.64. The molecule has 1 amide bonds. The summed E-state index contributed by atoms with van der Waals surface area (Å²) in [4.78, 5) is 21.7. The van der Waals surface area contributed by atoms with Crippen molar-refractivity contribution < 1.29 is 17.6 Å². The number of halogens is 1. The van der Waals surface area contributed by atoms with Crippen molar-refractivity contribution in [3.8, 4) is 16.5 Å². The number of amides is 1. The van der Waals surface area contributed by atoms with Gasteiger partial charge in [-0.05, 0) is 55.0 Å². The van der Waals surface area contributed by atoms with Crippen molar-refractivity contribution in [2.75, 3.05) is 36.0 Å². The first-order chi connectivity index (χ1) is 19.7. The highest BCUT2D eigenvalue weighted by Crippen LogP contribution is 2.47. The van der Waals surface area contributed by atoms with Crippen LogP contribution in [0.4, 0.5) is 10.1 Å². The van der Waals surface area contributed by atoms with Crippen molar-refractivity contribution in [2.45, 2.75) is 50.5 Å². The van der Waals surface area contributed by atoms with Gasteiger partial charge in [0.15, 0.2) is 9.84 Å². The zero-order chi connectivity index (χ0) is 28.8. The number of nitriles is 1. The van der Waals surface area contributed by atoms with Gasteiger partial charge in [0, 0.05) is 30.6 Å². The van der Waals surface area contributed by atoms with Gasteiger partial charge in [-0.25, -0.2) is 17.8 Å².